The van der Waals surface area contributed by atoms with Crippen LogP contribution in [-0.4, -0.2) is 60.0 Å². The van der Waals surface area contributed by atoms with E-state index in [1.165, 1.54) is 12.1 Å². The average Bonchev–Trinajstić information content (AvgIpc) is 2.48. The normalized spacial score (nSPS) is 16.5. The molecule has 0 aliphatic carbocycles. The zero-order valence-corrected chi connectivity index (χ0v) is 13.4. The first-order chi connectivity index (χ1) is 11.2. The van der Waals surface area contributed by atoms with Crippen molar-refractivity contribution in [3.63, 3.8) is 0 Å². The molecule has 1 saturated heterocycles. The fraction of sp³-hybridized carbons (Fsp3) is 0.562. The predicted molar refractivity (Wildman–Crippen MR) is 81.3 cm³/mol. The number of halogens is 3. The number of alkyl halides is 3. The third kappa shape index (κ3) is 6.01. The molecule has 0 unspecified atom stereocenters. The van der Waals surface area contributed by atoms with E-state index >= 15 is 0 Å². The molecule has 0 radical (unpaired) electrons. The van der Waals surface area contributed by atoms with Gasteiger partial charge in [-0.05, 0) is 37.6 Å². The smallest absolute Gasteiger partial charge is 0.406 e. The lowest BCUT2D eigenvalue weighted by molar-refractivity contribution is -0.274. The summed E-state index contributed by atoms with van der Waals surface area (Å²) >= 11 is 0. The topological polar surface area (TPSA) is 53.0 Å². The number of piperidine rings is 1. The number of rotatable bonds is 5. The Morgan fingerprint density at radius 3 is 2.42 bits per heavy atom. The summed E-state index contributed by atoms with van der Waals surface area (Å²) in [6.45, 7) is 1.76. The van der Waals surface area contributed by atoms with Crippen molar-refractivity contribution in [2.75, 3.05) is 26.7 Å². The van der Waals surface area contributed by atoms with E-state index in [-0.39, 0.29) is 24.3 Å². The SMILES string of the molecule is CN(CC(=O)N1CCC(O)CC1)Cc1ccc(OC(F)(F)F)cc1. The fourth-order valence-corrected chi connectivity index (χ4v) is 2.61. The number of aliphatic hydroxyl groups excluding tert-OH is 1. The van der Waals surface area contributed by atoms with Crippen LogP contribution in [0.4, 0.5) is 13.2 Å². The second-order valence-corrected chi connectivity index (χ2v) is 5.98. The number of likely N-dealkylation sites (N-methyl/N-ethyl adjacent to an activating group) is 1. The lowest BCUT2D eigenvalue weighted by Gasteiger charge is -2.31. The number of amides is 1. The van der Waals surface area contributed by atoms with Gasteiger partial charge in [0, 0.05) is 19.6 Å². The van der Waals surface area contributed by atoms with Crippen LogP contribution >= 0.6 is 0 Å². The minimum atomic E-state index is -4.70. The highest BCUT2D eigenvalue weighted by Crippen LogP contribution is 2.23. The van der Waals surface area contributed by atoms with Gasteiger partial charge >= 0.3 is 6.36 Å². The number of hydrogen-bond donors (Lipinski definition) is 1. The maximum absolute atomic E-state index is 12.2. The molecule has 0 bridgehead atoms. The Kier molecular flexibility index (Phi) is 6.06. The summed E-state index contributed by atoms with van der Waals surface area (Å²) in [5.41, 5.74) is 0.786. The lowest BCUT2D eigenvalue weighted by atomic mass is 10.1. The van der Waals surface area contributed by atoms with Crippen LogP contribution in [0.5, 0.6) is 5.75 Å². The zero-order valence-electron chi connectivity index (χ0n) is 13.4. The highest BCUT2D eigenvalue weighted by molar-refractivity contribution is 5.78. The average molecular weight is 346 g/mol. The minimum absolute atomic E-state index is 0.0126. The number of carbonyl (C=O) groups is 1. The molecule has 1 heterocycles. The quantitative estimate of drug-likeness (QED) is 0.886. The van der Waals surface area contributed by atoms with Gasteiger partial charge < -0.3 is 14.7 Å². The molecular formula is C16H21F3N2O3. The molecule has 24 heavy (non-hydrogen) atoms. The van der Waals surface area contributed by atoms with Crippen molar-refractivity contribution in [1.82, 2.24) is 9.80 Å². The summed E-state index contributed by atoms with van der Waals surface area (Å²) in [6, 6.07) is 5.59. The van der Waals surface area contributed by atoms with E-state index in [0.29, 0.717) is 32.5 Å². The number of hydrogen-bond acceptors (Lipinski definition) is 4. The van der Waals surface area contributed by atoms with Crippen LogP contribution in [-0.2, 0) is 11.3 Å². The molecular weight excluding hydrogens is 325 g/mol. The maximum atomic E-state index is 12.2. The van der Waals surface area contributed by atoms with Gasteiger partial charge in [0.2, 0.25) is 5.91 Å². The minimum Gasteiger partial charge on any atom is -0.406 e. The molecule has 1 fully saturated rings. The third-order valence-electron chi connectivity index (χ3n) is 3.83. The highest BCUT2D eigenvalue weighted by atomic mass is 19.4. The molecule has 1 aliphatic rings. The summed E-state index contributed by atoms with van der Waals surface area (Å²) in [5, 5.41) is 9.45. The van der Waals surface area contributed by atoms with E-state index in [2.05, 4.69) is 4.74 Å². The van der Waals surface area contributed by atoms with Crippen molar-refractivity contribution in [2.45, 2.75) is 31.9 Å². The number of aliphatic hydroxyl groups is 1. The van der Waals surface area contributed by atoms with Crippen molar-refractivity contribution in [3.8, 4) is 5.75 Å². The number of likely N-dealkylation sites (tertiary alicyclic amines) is 1. The molecule has 0 saturated carbocycles. The Hall–Kier alpha value is -1.80. The van der Waals surface area contributed by atoms with Gasteiger partial charge in [-0.3, -0.25) is 9.69 Å². The molecule has 2 rings (SSSR count). The predicted octanol–water partition coefficient (Wildman–Crippen LogP) is 2.00. The Morgan fingerprint density at radius 1 is 1.29 bits per heavy atom. The molecule has 1 aromatic rings. The van der Waals surface area contributed by atoms with Crippen molar-refractivity contribution in [2.24, 2.45) is 0 Å². The van der Waals surface area contributed by atoms with Crippen LogP contribution in [0.25, 0.3) is 0 Å². The maximum Gasteiger partial charge on any atom is 0.573 e. The fourth-order valence-electron chi connectivity index (χ4n) is 2.61. The number of benzene rings is 1. The highest BCUT2D eigenvalue weighted by Gasteiger charge is 2.31. The second-order valence-electron chi connectivity index (χ2n) is 5.98. The Labute approximate surface area is 138 Å². The Morgan fingerprint density at radius 2 is 1.88 bits per heavy atom. The lowest BCUT2D eigenvalue weighted by Crippen LogP contribution is -2.44. The van der Waals surface area contributed by atoms with Gasteiger partial charge in [0.05, 0.1) is 12.6 Å². The second kappa shape index (κ2) is 7.85. The van der Waals surface area contributed by atoms with E-state index < -0.39 is 6.36 Å². The molecule has 1 aliphatic heterocycles. The number of nitrogens with zero attached hydrogens (tertiary/aromatic N) is 2. The number of carbonyl (C=O) groups excluding carboxylic acids is 1. The molecule has 1 aromatic carbocycles. The van der Waals surface area contributed by atoms with Crippen LogP contribution in [0.1, 0.15) is 18.4 Å². The van der Waals surface area contributed by atoms with Crippen LogP contribution < -0.4 is 4.74 Å². The summed E-state index contributed by atoms with van der Waals surface area (Å²) < 4.78 is 40.1. The van der Waals surface area contributed by atoms with Gasteiger partial charge in [0.1, 0.15) is 5.75 Å². The summed E-state index contributed by atoms with van der Waals surface area (Å²) in [6.07, 6.45) is -3.84. The van der Waals surface area contributed by atoms with E-state index in [0.717, 1.165) is 5.56 Å². The number of ether oxygens (including phenoxy) is 1. The van der Waals surface area contributed by atoms with Gasteiger partial charge in [-0.25, -0.2) is 0 Å². The van der Waals surface area contributed by atoms with Gasteiger partial charge in [-0.2, -0.15) is 0 Å². The molecule has 1 amide bonds. The molecule has 1 N–H and O–H groups in total. The molecule has 5 nitrogen and oxygen atoms in total. The molecule has 134 valence electrons. The van der Waals surface area contributed by atoms with Gasteiger partial charge in [0.15, 0.2) is 0 Å². The van der Waals surface area contributed by atoms with E-state index in [1.54, 1.807) is 29.0 Å². The summed E-state index contributed by atoms with van der Waals surface area (Å²) in [7, 11) is 1.77. The van der Waals surface area contributed by atoms with Gasteiger partial charge in [-0.1, -0.05) is 12.1 Å². The first kappa shape index (κ1) is 18.5. The first-order valence-corrected chi connectivity index (χ1v) is 7.72. The van der Waals surface area contributed by atoms with Crippen molar-refractivity contribution < 1.29 is 27.8 Å². The van der Waals surface area contributed by atoms with E-state index in [9.17, 15) is 23.1 Å². The van der Waals surface area contributed by atoms with Gasteiger partial charge in [-0.15, -0.1) is 13.2 Å². The zero-order chi connectivity index (χ0) is 17.7. The van der Waals surface area contributed by atoms with Crippen LogP contribution in [0.15, 0.2) is 24.3 Å². The summed E-state index contributed by atoms with van der Waals surface area (Å²) in [5.74, 6) is -0.279. The monoisotopic (exact) mass is 346 g/mol. The largest absolute Gasteiger partial charge is 0.573 e. The summed E-state index contributed by atoms with van der Waals surface area (Å²) in [4.78, 5) is 15.7. The van der Waals surface area contributed by atoms with Crippen LogP contribution in [0.3, 0.4) is 0 Å². The van der Waals surface area contributed by atoms with E-state index in [4.69, 9.17) is 0 Å². The van der Waals surface area contributed by atoms with Crippen LogP contribution in [0, 0.1) is 0 Å². The van der Waals surface area contributed by atoms with E-state index in [1.807, 2.05) is 0 Å². The molecule has 0 aromatic heterocycles. The third-order valence-corrected chi connectivity index (χ3v) is 3.83. The van der Waals surface area contributed by atoms with Gasteiger partial charge in [0.25, 0.3) is 0 Å². The standard InChI is InChI=1S/C16H21F3N2O3/c1-20(11-15(23)21-8-6-13(22)7-9-21)10-12-2-4-14(5-3-12)24-16(17,18)19/h2-5,13,22H,6-11H2,1H3. The molecule has 0 spiro atoms. The Balaban J connectivity index is 1.81. The van der Waals surface area contributed by atoms with Crippen molar-refractivity contribution >= 4 is 5.91 Å². The van der Waals surface area contributed by atoms with Crippen molar-refractivity contribution in [3.05, 3.63) is 29.8 Å². The molecule has 8 heteroatoms. The Bertz CT molecular complexity index is 540. The van der Waals surface area contributed by atoms with Crippen LogP contribution in [0.2, 0.25) is 0 Å². The first-order valence-electron chi connectivity index (χ1n) is 7.72. The van der Waals surface area contributed by atoms with Crippen molar-refractivity contribution in [1.29, 1.82) is 0 Å². The molecule has 0 atom stereocenters.